The second kappa shape index (κ2) is 5.76. The van der Waals surface area contributed by atoms with Crippen molar-refractivity contribution in [2.24, 2.45) is 0 Å². The van der Waals surface area contributed by atoms with Crippen molar-refractivity contribution in [3.63, 3.8) is 0 Å². The third-order valence-corrected chi connectivity index (χ3v) is 2.51. The number of rotatable bonds is 5. The van der Waals surface area contributed by atoms with E-state index in [-0.39, 0.29) is 6.10 Å². The summed E-state index contributed by atoms with van der Waals surface area (Å²) in [4.78, 5) is 0. The average Bonchev–Trinajstić information content (AvgIpc) is 2.18. The number of aliphatic hydroxyl groups is 1. The fraction of sp³-hybridized carbons (Fsp3) is 0.538. The highest BCUT2D eigenvalue weighted by Crippen LogP contribution is 2.21. The van der Waals surface area contributed by atoms with Crippen LogP contribution in [0.3, 0.4) is 0 Å². The van der Waals surface area contributed by atoms with E-state index < -0.39 is 0 Å². The molecule has 1 aromatic carbocycles. The summed E-state index contributed by atoms with van der Waals surface area (Å²) in [5.41, 5.74) is 2.30. The van der Waals surface area contributed by atoms with Crippen molar-refractivity contribution in [2.75, 3.05) is 7.11 Å². The quantitative estimate of drug-likeness (QED) is 0.806. The Bertz CT molecular complexity index is 307. The monoisotopic (exact) mass is 208 g/mol. The predicted octanol–water partition coefficient (Wildman–Crippen LogP) is 2.71. The molecule has 0 spiro atoms. The van der Waals surface area contributed by atoms with Crippen LogP contribution in [0.15, 0.2) is 18.2 Å². The molecule has 1 N–H and O–H groups in total. The van der Waals surface area contributed by atoms with Gasteiger partial charge in [-0.2, -0.15) is 0 Å². The molecule has 0 saturated heterocycles. The summed E-state index contributed by atoms with van der Waals surface area (Å²) in [6.45, 7) is 4.13. The molecular formula is C13H20O2. The van der Waals surface area contributed by atoms with Gasteiger partial charge in [0.25, 0.3) is 0 Å². The second-order valence-electron chi connectivity index (χ2n) is 3.96. The molecule has 0 bridgehead atoms. The molecule has 1 atom stereocenters. The fourth-order valence-electron chi connectivity index (χ4n) is 1.76. The van der Waals surface area contributed by atoms with Gasteiger partial charge in [0.2, 0.25) is 0 Å². The Hall–Kier alpha value is -1.02. The Morgan fingerprint density at radius 3 is 2.73 bits per heavy atom. The molecule has 1 aromatic rings. The van der Waals surface area contributed by atoms with Crippen LogP contribution in [0, 0.1) is 6.92 Å². The molecule has 0 radical (unpaired) electrons. The summed E-state index contributed by atoms with van der Waals surface area (Å²) in [7, 11) is 1.67. The molecule has 0 amide bonds. The van der Waals surface area contributed by atoms with Gasteiger partial charge in [-0.15, -0.1) is 0 Å². The van der Waals surface area contributed by atoms with Crippen LogP contribution in [0.5, 0.6) is 5.75 Å². The van der Waals surface area contributed by atoms with E-state index >= 15 is 0 Å². The molecule has 0 aliphatic rings. The summed E-state index contributed by atoms with van der Waals surface area (Å²) < 4.78 is 5.27. The standard InChI is InChI=1S/C13H20O2/c1-4-5-12(14)9-11-8-10(2)6-7-13(11)15-3/h6-8,12,14H,4-5,9H2,1-3H3. The number of hydrogen-bond donors (Lipinski definition) is 1. The molecule has 0 aromatic heterocycles. The van der Waals surface area contributed by atoms with E-state index in [4.69, 9.17) is 4.74 Å². The average molecular weight is 208 g/mol. The van der Waals surface area contributed by atoms with E-state index in [0.29, 0.717) is 6.42 Å². The van der Waals surface area contributed by atoms with E-state index in [1.807, 2.05) is 12.1 Å². The first-order valence-electron chi connectivity index (χ1n) is 5.49. The van der Waals surface area contributed by atoms with E-state index in [1.54, 1.807) is 7.11 Å². The van der Waals surface area contributed by atoms with Crippen molar-refractivity contribution < 1.29 is 9.84 Å². The SMILES string of the molecule is CCCC(O)Cc1cc(C)ccc1OC. The minimum atomic E-state index is -0.259. The van der Waals surface area contributed by atoms with E-state index in [9.17, 15) is 5.11 Å². The molecule has 15 heavy (non-hydrogen) atoms. The molecule has 0 aliphatic carbocycles. The summed E-state index contributed by atoms with van der Waals surface area (Å²) >= 11 is 0. The van der Waals surface area contributed by atoms with Crippen LogP contribution in [0.25, 0.3) is 0 Å². The lowest BCUT2D eigenvalue weighted by Crippen LogP contribution is -2.10. The Labute approximate surface area is 91.9 Å². The minimum Gasteiger partial charge on any atom is -0.496 e. The van der Waals surface area contributed by atoms with Crippen LogP contribution < -0.4 is 4.74 Å². The van der Waals surface area contributed by atoms with Gasteiger partial charge >= 0.3 is 0 Å². The maximum atomic E-state index is 9.76. The number of methoxy groups -OCH3 is 1. The molecule has 84 valence electrons. The third kappa shape index (κ3) is 3.56. The molecule has 0 heterocycles. The summed E-state index contributed by atoms with van der Waals surface area (Å²) in [6, 6.07) is 6.07. The van der Waals surface area contributed by atoms with Crippen molar-refractivity contribution in [3.8, 4) is 5.75 Å². The van der Waals surface area contributed by atoms with E-state index in [2.05, 4.69) is 19.9 Å². The van der Waals surface area contributed by atoms with Crippen molar-refractivity contribution in [3.05, 3.63) is 29.3 Å². The maximum absolute atomic E-state index is 9.76. The Kier molecular flexibility index (Phi) is 4.63. The lowest BCUT2D eigenvalue weighted by atomic mass is 10.0. The van der Waals surface area contributed by atoms with Gasteiger partial charge in [-0.05, 0) is 25.0 Å². The summed E-state index contributed by atoms with van der Waals surface area (Å²) in [6.07, 6.45) is 2.27. The number of aryl methyl sites for hydroxylation is 1. The van der Waals surface area contributed by atoms with E-state index in [0.717, 1.165) is 24.2 Å². The lowest BCUT2D eigenvalue weighted by Gasteiger charge is -2.13. The van der Waals surface area contributed by atoms with Gasteiger partial charge in [0.1, 0.15) is 5.75 Å². The van der Waals surface area contributed by atoms with Gasteiger partial charge in [0.15, 0.2) is 0 Å². The molecular weight excluding hydrogens is 188 g/mol. The zero-order valence-corrected chi connectivity index (χ0v) is 9.79. The second-order valence-corrected chi connectivity index (χ2v) is 3.96. The predicted molar refractivity (Wildman–Crippen MR) is 62.3 cm³/mol. The normalized spacial score (nSPS) is 12.5. The highest BCUT2D eigenvalue weighted by molar-refractivity contribution is 5.37. The van der Waals surface area contributed by atoms with Crippen molar-refractivity contribution in [1.82, 2.24) is 0 Å². The lowest BCUT2D eigenvalue weighted by molar-refractivity contribution is 0.163. The van der Waals surface area contributed by atoms with Crippen molar-refractivity contribution in [1.29, 1.82) is 0 Å². The molecule has 0 fully saturated rings. The van der Waals surface area contributed by atoms with Crippen molar-refractivity contribution >= 4 is 0 Å². The van der Waals surface area contributed by atoms with Crippen LogP contribution in [0.4, 0.5) is 0 Å². The molecule has 0 aliphatic heterocycles. The molecule has 1 rings (SSSR count). The Morgan fingerprint density at radius 2 is 2.13 bits per heavy atom. The van der Waals surface area contributed by atoms with Gasteiger partial charge in [-0.3, -0.25) is 0 Å². The van der Waals surface area contributed by atoms with Crippen LogP contribution >= 0.6 is 0 Å². The maximum Gasteiger partial charge on any atom is 0.122 e. The van der Waals surface area contributed by atoms with Gasteiger partial charge in [-0.25, -0.2) is 0 Å². The third-order valence-electron chi connectivity index (χ3n) is 2.51. The summed E-state index contributed by atoms with van der Waals surface area (Å²) in [5, 5.41) is 9.76. The van der Waals surface area contributed by atoms with Gasteiger partial charge in [-0.1, -0.05) is 31.0 Å². The highest BCUT2D eigenvalue weighted by atomic mass is 16.5. The molecule has 1 unspecified atom stereocenters. The smallest absolute Gasteiger partial charge is 0.122 e. The number of benzene rings is 1. The first kappa shape index (κ1) is 12.1. The van der Waals surface area contributed by atoms with Gasteiger partial charge in [0, 0.05) is 6.42 Å². The Balaban J connectivity index is 2.77. The van der Waals surface area contributed by atoms with Gasteiger partial charge < -0.3 is 9.84 Å². The zero-order chi connectivity index (χ0) is 11.3. The van der Waals surface area contributed by atoms with Crippen molar-refractivity contribution in [2.45, 2.75) is 39.2 Å². The first-order valence-corrected chi connectivity index (χ1v) is 5.49. The molecule has 2 nitrogen and oxygen atoms in total. The largest absolute Gasteiger partial charge is 0.496 e. The topological polar surface area (TPSA) is 29.5 Å². The zero-order valence-electron chi connectivity index (χ0n) is 9.79. The van der Waals surface area contributed by atoms with Crippen LogP contribution in [-0.2, 0) is 6.42 Å². The van der Waals surface area contributed by atoms with E-state index in [1.165, 1.54) is 5.56 Å². The van der Waals surface area contributed by atoms with Crippen LogP contribution in [0.2, 0.25) is 0 Å². The van der Waals surface area contributed by atoms with Crippen LogP contribution in [-0.4, -0.2) is 18.3 Å². The minimum absolute atomic E-state index is 0.259. The fourth-order valence-corrected chi connectivity index (χ4v) is 1.76. The molecule has 2 heteroatoms. The van der Waals surface area contributed by atoms with Gasteiger partial charge in [0.05, 0.1) is 13.2 Å². The Morgan fingerprint density at radius 1 is 1.40 bits per heavy atom. The van der Waals surface area contributed by atoms with Crippen LogP contribution in [0.1, 0.15) is 30.9 Å². The summed E-state index contributed by atoms with van der Waals surface area (Å²) in [5.74, 6) is 0.871. The highest BCUT2D eigenvalue weighted by Gasteiger charge is 2.09. The molecule has 0 saturated carbocycles. The number of aliphatic hydroxyl groups excluding tert-OH is 1. The first-order chi connectivity index (χ1) is 7.17. The number of ether oxygens (including phenoxy) is 1. The number of hydrogen-bond acceptors (Lipinski definition) is 2.